The molecule has 2 aromatic heterocycles. The Morgan fingerprint density at radius 3 is 3.07 bits per heavy atom. The van der Waals surface area contributed by atoms with E-state index in [-0.39, 0.29) is 6.79 Å². The normalized spacial score (nSPS) is 15.2. The van der Waals surface area contributed by atoms with Crippen molar-refractivity contribution in [2.75, 3.05) is 25.3 Å². The maximum absolute atomic E-state index is 9.05. The minimum atomic E-state index is -0.308. The summed E-state index contributed by atoms with van der Waals surface area (Å²) >= 11 is 1.45. The summed E-state index contributed by atoms with van der Waals surface area (Å²) in [6.45, 7) is 1.45. The summed E-state index contributed by atoms with van der Waals surface area (Å²) in [7, 11) is 0. The van der Waals surface area contributed by atoms with Crippen molar-refractivity contribution < 1.29 is 14.6 Å². The van der Waals surface area contributed by atoms with E-state index in [4.69, 9.17) is 19.8 Å². The Labute approximate surface area is 173 Å². The summed E-state index contributed by atoms with van der Waals surface area (Å²) in [5, 5.41) is 23.4. The van der Waals surface area contributed by atoms with Crippen LogP contribution >= 0.6 is 11.3 Å². The van der Waals surface area contributed by atoms with E-state index in [1.54, 1.807) is 12.4 Å². The predicted octanol–water partition coefficient (Wildman–Crippen LogP) is 4.13. The van der Waals surface area contributed by atoms with Crippen molar-refractivity contribution in [3.63, 3.8) is 0 Å². The van der Waals surface area contributed by atoms with E-state index < -0.39 is 0 Å². The van der Waals surface area contributed by atoms with Crippen molar-refractivity contribution in [2.45, 2.75) is 18.9 Å². The van der Waals surface area contributed by atoms with Crippen LogP contribution < -0.4 is 10.1 Å². The lowest BCUT2D eigenvalue weighted by Crippen LogP contribution is -2.21. The Hall–Kier alpha value is -2.92. The van der Waals surface area contributed by atoms with Gasteiger partial charge in [-0.15, -0.1) is 11.3 Å². The van der Waals surface area contributed by atoms with Crippen LogP contribution in [0.15, 0.2) is 48.1 Å². The van der Waals surface area contributed by atoms with E-state index in [0.717, 1.165) is 41.1 Å². The van der Waals surface area contributed by atoms with Gasteiger partial charge in [-0.2, -0.15) is 5.26 Å². The van der Waals surface area contributed by atoms with Crippen molar-refractivity contribution >= 4 is 17.0 Å². The average Bonchev–Trinajstić information content (AvgIpc) is 3.26. The molecule has 1 aliphatic heterocycles. The summed E-state index contributed by atoms with van der Waals surface area (Å²) in [6, 6.07) is 12.3. The molecular weight excluding hydrogens is 386 g/mol. The molecule has 7 heteroatoms. The number of nitrogens with one attached hydrogen (secondary N) is 1. The highest BCUT2D eigenvalue weighted by Gasteiger charge is 2.22. The molecule has 3 aromatic rings. The number of fused-ring (bicyclic) bond motifs is 1. The zero-order chi connectivity index (χ0) is 20.1. The predicted molar refractivity (Wildman–Crippen MR) is 112 cm³/mol. The molecule has 29 heavy (non-hydrogen) atoms. The van der Waals surface area contributed by atoms with Gasteiger partial charge in [0, 0.05) is 24.2 Å². The molecule has 0 amide bonds. The van der Waals surface area contributed by atoms with Gasteiger partial charge in [0.05, 0.1) is 25.1 Å². The molecule has 148 valence electrons. The van der Waals surface area contributed by atoms with Crippen LogP contribution in [-0.2, 0) is 11.3 Å². The molecule has 1 aromatic carbocycles. The fourth-order valence-electron chi connectivity index (χ4n) is 3.50. The lowest BCUT2D eigenvalue weighted by Gasteiger charge is -2.27. The Bertz CT molecular complexity index is 1030. The number of hydrogen-bond donors (Lipinski definition) is 2. The lowest BCUT2D eigenvalue weighted by atomic mass is 9.91. The number of nitrogens with zero attached hydrogens (tertiary/aromatic N) is 2. The SMILES string of the molecule is N#Cc1cc(-c2ccc3c(c2)OCC[C@@H]3CNc2cnccc2COCO)cs1. The van der Waals surface area contributed by atoms with Crippen LogP contribution in [0.25, 0.3) is 11.1 Å². The van der Waals surface area contributed by atoms with Gasteiger partial charge < -0.3 is 19.9 Å². The molecule has 0 aliphatic carbocycles. The molecule has 1 aliphatic rings. The van der Waals surface area contributed by atoms with E-state index in [2.05, 4.69) is 34.6 Å². The third-order valence-corrected chi connectivity index (χ3v) is 5.85. The molecule has 3 heterocycles. The topological polar surface area (TPSA) is 87.4 Å². The number of thiophene rings is 1. The van der Waals surface area contributed by atoms with Gasteiger partial charge >= 0.3 is 0 Å². The lowest BCUT2D eigenvalue weighted by molar-refractivity contribution is -0.0110. The van der Waals surface area contributed by atoms with Crippen molar-refractivity contribution in [1.29, 1.82) is 5.26 Å². The second-order valence-corrected chi connectivity index (χ2v) is 7.70. The van der Waals surface area contributed by atoms with Gasteiger partial charge in [0.15, 0.2) is 0 Å². The van der Waals surface area contributed by atoms with Crippen LogP contribution in [0.4, 0.5) is 5.69 Å². The van der Waals surface area contributed by atoms with Gasteiger partial charge in [0.2, 0.25) is 0 Å². The number of benzene rings is 1. The van der Waals surface area contributed by atoms with Gasteiger partial charge in [0.1, 0.15) is 23.5 Å². The van der Waals surface area contributed by atoms with Gasteiger partial charge in [-0.1, -0.05) is 12.1 Å². The summed E-state index contributed by atoms with van der Waals surface area (Å²) in [5.74, 6) is 1.22. The third kappa shape index (κ3) is 4.40. The minimum Gasteiger partial charge on any atom is -0.493 e. The molecular formula is C22H21N3O3S. The highest BCUT2D eigenvalue weighted by molar-refractivity contribution is 7.10. The van der Waals surface area contributed by atoms with Crippen LogP contribution in [0.3, 0.4) is 0 Å². The second-order valence-electron chi connectivity index (χ2n) is 6.79. The largest absolute Gasteiger partial charge is 0.493 e. The monoisotopic (exact) mass is 407 g/mol. The van der Waals surface area contributed by atoms with Crippen LogP contribution in [0, 0.1) is 11.3 Å². The molecule has 4 rings (SSSR count). The maximum atomic E-state index is 9.05. The molecule has 0 radical (unpaired) electrons. The highest BCUT2D eigenvalue weighted by Crippen LogP contribution is 2.37. The number of hydrogen-bond acceptors (Lipinski definition) is 7. The number of rotatable bonds is 7. The number of aliphatic hydroxyl groups excluding tert-OH is 1. The first-order chi connectivity index (χ1) is 14.3. The van der Waals surface area contributed by atoms with E-state index in [1.807, 2.05) is 17.5 Å². The second kappa shape index (κ2) is 9.05. The van der Waals surface area contributed by atoms with E-state index in [0.29, 0.717) is 24.0 Å². The van der Waals surface area contributed by atoms with E-state index in [9.17, 15) is 0 Å². The number of anilines is 1. The molecule has 0 fully saturated rings. The summed E-state index contributed by atoms with van der Waals surface area (Å²) in [6.07, 6.45) is 4.43. The Kier molecular flexibility index (Phi) is 6.06. The van der Waals surface area contributed by atoms with Crippen LogP contribution in [0.5, 0.6) is 5.75 Å². The van der Waals surface area contributed by atoms with Crippen molar-refractivity contribution in [3.8, 4) is 22.9 Å². The number of aliphatic hydroxyl groups is 1. The first-order valence-corrected chi connectivity index (χ1v) is 10.3. The smallest absolute Gasteiger partial charge is 0.144 e. The van der Waals surface area contributed by atoms with Gasteiger partial charge in [-0.25, -0.2) is 0 Å². The Morgan fingerprint density at radius 2 is 2.24 bits per heavy atom. The van der Waals surface area contributed by atoms with Gasteiger partial charge in [0.25, 0.3) is 0 Å². The molecule has 0 unspecified atom stereocenters. The summed E-state index contributed by atoms with van der Waals surface area (Å²) < 4.78 is 11.1. The number of nitriles is 1. The maximum Gasteiger partial charge on any atom is 0.144 e. The Balaban J connectivity index is 1.50. The third-order valence-electron chi connectivity index (χ3n) is 5.02. The molecule has 0 bridgehead atoms. The summed E-state index contributed by atoms with van der Waals surface area (Å²) in [4.78, 5) is 4.90. The van der Waals surface area contributed by atoms with Crippen LogP contribution in [0.2, 0.25) is 0 Å². The van der Waals surface area contributed by atoms with Crippen molar-refractivity contribution in [3.05, 3.63) is 64.1 Å². The fraction of sp³-hybridized carbons (Fsp3) is 0.273. The zero-order valence-electron chi connectivity index (χ0n) is 15.8. The molecule has 2 N–H and O–H groups in total. The zero-order valence-corrected chi connectivity index (χ0v) is 16.6. The molecule has 0 saturated carbocycles. The van der Waals surface area contributed by atoms with Crippen LogP contribution in [-0.4, -0.2) is 30.0 Å². The molecule has 1 atom stereocenters. The first kappa shape index (κ1) is 19.4. The average molecular weight is 407 g/mol. The Morgan fingerprint density at radius 1 is 1.31 bits per heavy atom. The number of aromatic nitrogens is 1. The first-order valence-electron chi connectivity index (χ1n) is 9.39. The van der Waals surface area contributed by atoms with Crippen molar-refractivity contribution in [2.24, 2.45) is 0 Å². The quantitative estimate of drug-likeness (QED) is 0.573. The van der Waals surface area contributed by atoms with Gasteiger partial charge in [-0.05, 0) is 46.7 Å². The molecule has 0 saturated heterocycles. The van der Waals surface area contributed by atoms with E-state index in [1.165, 1.54) is 16.9 Å². The standard InChI is InChI=1S/C22H21N3O3S/c23-9-19-7-18(13-29-19)15-1-2-20-16(4-6-28-22(20)8-15)10-25-21-11-24-5-3-17(21)12-27-14-26/h1-3,5,7-8,11,13,16,25-26H,4,6,10,12,14H2/t16-/m1/s1. The molecule has 0 spiro atoms. The fourth-order valence-corrected chi connectivity index (χ4v) is 4.20. The van der Waals surface area contributed by atoms with Crippen molar-refractivity contribution in [1.82, 2.24) is 4.98 Å². The van der Waals surface area contributed by atoms with Crippen LogP contribution in [0.1, 0.15) is 28.3 Å². The molecule has 6 nitrogen and oxygen atoms in total. The minimum absolute atomic E-state index is 0.308. The summed E-state index contributed by atoms with van der Waals surface area (Å²) in [5.41, 5.74) is 5.16. The van der Waals surface area contributed by atoms with Gasteiger partial charge in [-0.3, -0.25) is 4.98 Å². The number of ether oxygens (including phenoxy) is 2. The highest BCUT2D eigenvalue weighted by atomic mass is 32.1. The number of pyridine rings is 1. The van der Waals surface area contributed by atoms with E-state index >= 15 is 0 Å².